The molecule has 0 aromatic heterocycles. The van der Waals surface area contributed by atoms with Crippen LogP contribution in [0.15, 0.2) is 18.2 Å². The van der Waals surface area contributed by atoms with E-state index < -0.39 is 23.7 Å². The van der Waals surface area contributed by atoms with Crippen LogP contribution in [0.3, 0.4) is 0 Å². The largest absolute Gasteiger partial charge is 0.478 e. The number of hydrogen-bond donors (Lipinski definition) is 3. The third kappa shape index (κ3) is 3.53. The zero-order chi connectivity index (χ0) is 13.7. The van der Waals surface area contributed by atoms with Gasteiger partial charge in [0, 0.05) is 0 Å². The van der Waals surface area contributed by atoms with Crippen molar-refractivity contribution >= 4 is 17.6 Å². The van der Waals surface area contributed by atoms with E-state index in [2.05, 4.69) is 5.32 Å². The number of aromatic carboxylic acids is 1. The molecule has 1 amide bonds. The first-order valence-corrected chi connectivity index (χ1v) is 5.55. The summed E-state index contributed by atoms with van der Waals surface area (Å²) in [6, 6.07) is 2.57. The maximum absolute atomic E-state index is 13.5. The molecular weight excluding hydrogens is 239 g/mol. The molecule has 0 saturated carbocycles. The lowest BCUT2D eigenvalue weighted by atomic mass is 10.1. The molecule has 0 aliphatic carbocycles. The second-order valence-electron chi connectivity index (χ2n) is 3.88. The van der Waals surface area contributed by atoms with Crippen molar-refractivity contribution < 1.29 is 19.1 Å². The Morgan fingerprint density at radius 2 is 2.17 bits per heavy atom. The Bertz CT molecular complexity index is 463. The van der Waals surface area contributed by atoms with Gasteiger partial charge >= 0.3 is 5.97 Å². The molecule has 5 nitrogen and oxygen atoms in total. The van der Waals surface area contributed by atoms with E-state index in [4.69, 9.17) is 10.8 Å². The van der Waals surface area contributed by atoms with Crippen molar-refractivity contribution in [3.8, 4) is 0 Å². The van der Waals surface area contributed by atoms with Crippen molar-refractivity contribution in [2.24, 2.45) is 5.73 Å². The molecule has 4 N–H and O–H groups in total. The Kier molecular flexibility index (Phi) is 4.79. The van der Waals surface area contributed by atoms with Crippen LogP contribution in [0.2, 0.25) is 0 Å². The van der Waals surface area contributed by atoms with E-state index in [0.29, 0.717) is 6.42 Å². The Morgan fingerprint density at radius 1 is 1.50 bits per heavy atom. The predicted octanol–water partition coefficient (Wildman–Crippen LogP) is 1.59. The fourth-order valence-electron chi connectivity index (χ4n) is 1.42. The van der Waals surface area contributed by atoms with E-state index in [9.17, 15) is 14.0 Å². The predicted molar refractivity (Wildman–Crippen MR) is 64.9 cm³/mol. The van der Waals surface area contributed by atoms with Crippen molar-refractivity contribution in [1.29, 1.82) is 0 Å². The highest BCUT2D eigenvalue weighted by atomic mass is 19.1. The number of carboxylic acid groups (broad SMARTS) is 1. The number of amides is 1. The molecule has 0 aliphatic heterocycles. The van der Waals surface area contributed by atoms with Gasteiger partial charge < -0.3 is 16.2 Å². The van der Waals surface area contributed by atoms with Crippen molar-refractivity contribution in [2.45, 2.75) is 25.8 Å². The number of halogens is 1. The molecule has 0 unspecified atom stereocenters. The molecule has 0 saturated heterocycles. The Hall–Kier alpha value is -1.95. The lowest BCUT2D eigenvalue weighted by molar-refractivity contribution is -0.117. The summed E-state index contributed by atoms with van der Waals surface area (Å²) >= 11 is 0. The first-order chi connectivity index (χ1) is 8.45. The Morgan fingerprint density at radius 3 is 2.67 bits per heavy atom. The average molecular weight is 254 g/mol. The number of nitrogens with two attached hydrogens (primary N) is 1. The van der Waals surface area contributed by atoms with E-state index >= 15 is 0 Å². The van der Waals surface area contributed by atoms with Gasteiger partial charge in [-0.2, -0.15) is 0 Å². The number of benzene rings is 1. The van der Waals surface area contributed by atoms with Gasteiger partial charge in [0.1, 0.15) is 5.82 Å². The van der Waals surface area contributed by atoms with Crippen molar-refractivity contribution in [3.63, 3.8) is 0 Å². The van der Waals surface area contributed by atoms with E-state index in [1.54, 1.807) is 0 Å². The number of hydrogen-bond acceptors (Lipinski definition) is 3. The number of carboxylic acids is 1. The highest BCUT2D eigenvalue weighted by Gasteiger charge is 2.15. The number of nitrogens with one attached hydrogen (secondary N) is 1. The summed E-state index contributed by atoms with van der Waals surface area (Å²) in [6.45, 7) is 1.88. The second-order valence-corrected chi connectivity index (χ2v) is 3.88. The summed E-state index contributed by atoms with van der Waals surface area (Å²) in [5.74, 6) is -2.51. The molecule has 0 fully saturated rings. The zero-order valence-electron chi connectivity index (χ0n) is 9.94. The van der Waals surface area contributed by atoms with Crippen LogP contribution in [0, 0.1) is 5.82 Å². The summed E-state index contributed by atoms with van der Waals surface area (Å²) < 4.78 is 13.5. The highest BCUT2D eigenvalue weighted by Crippen LogP contribution is 2.16. The molecular formula is C12H15FN2O3. The SMILES string of the molecule is CCC[C@@H](N)C(=O)Nc1ccc(C(=O)O)cc1F. The second kappa shape index (κ2) is 6.11. The number of rotatable bonds is 5. The van der Waals surface area contributed by atoms with Gasteiger partial charge in [0.2, 0.25) is 5.91 Å². The highest BCUT2D eigenvalue weighted by molar-refractivity contribution is 5.95. The van der Waals surface area contributed by atoms with Crippen LogP contribution in [0.1, 0.15) is 30.1 Å². The first-order valence-electron chi connectivity index (χ1n) is 5.55. The minimum atomic E-state index is -1.23. The van der Waals surface area contributed by atoms with Crippen molar-refractivity contribution in [1.82, 2.24) is 0 Å². The fraction of sp³-hybridized carbons (Fsp3) is 0.333. The minimum Gasteiger partial charge on any atom is -0.478 e. The quantitative estimate of drug-likeness (QED) is 0.744. The van der Waals surface area contributed by atoms with Crippen LogP contribution in [0.25, 0.3) is 0 Å². The number of anilines is 1. The first kappa shape index (κ1) is 14.1. The molecule has 98 valence electrons. The zero-order valence-corrected chi connectivity index (χ0v) is 9.94. The standard InChI is InChI=1S/C12H15FN2O3/c1-2-3-9(14)11(16)15-10-5-4-7(12(17)18)6-8(10)13/h4-6,9H,2-3,14H2,1H3,(H,15,16)(H,17,18)/t9-/m1/s1. The molecule has 1 atom stereocenters. The maximum Gasteiger partial charge on any atom is 0.335 e. The lowest BCUT2D eigenvalue weighted by Crippen LogP contribution is -2.35. The summed E-state index contributed by atoms with van der Waals surface area (Å²) in [5, 5.41) is 11.0. The van der Waals surface area contributed by atoms with E-state index in [0.717, 1.165) is 12.5 Å². The summed E-state index contributed by atoms with van der Waals surface area (Å²) in [6.07, 6.45) is 1.25. The lowest BCUT2D eigenvalue weighted by Gasteiger charge is -2.11. The van der Waals surface area contributed by atoms with E-state index in [1.807, 2.05) is 6.92 Å². The van der Waals surface area contributed by atoms with E-state index in [1.165, 1.54) is 12.1 Å². The topological polar surface area (TPSA) is 92.4 Å². The van der Waals surface area contributed by atoms with Crippen LogP contribution in [0.4, 0.5) is 10.1 Å². The average Bonchev–Trinajstić information content (AvgIpc) is 2.31. The molecule has 0 heterocycles. The fourth-order valence-corrected chi connectivity index (χ4v) is 1.42. The van der Waals surface area contributed by atoms with Gasteiger partial charge in [-0.15, -0.1) is 0 Å². The molecule has 0 radical (unpaired) electrons. The molecule has 1 aromatic carbocycles. The van der Waals surface area contributed by atoms with Gasteiger partial charge in [-0.3, -0.25) is 4.79 Å². The molecule has 0 spiro atoms. The summed E-state index contributed by atoms with van der Waals surface area (Å²) in [5.41, 5.74) is 5.33. The summed E-state index contributed by atoms with van der Waals surface area (Å²) in [4.78, 5) is 22.2. The normalized spacial score (nSPS) is 11.9. The molecule has 0 bridgehead atoms. The van der Waals surface area contributed by atoms with Crippen LogP contribution in [-0.4, -0.2) is 23.0 Å². The van der Waals surface area contributed by atoms with Gasteiger partial charge in [-0.25, -0.2) is 9.18 Å². The van der Waals surface area contributed by atoms with Gasteiger partial charge in [-0.05, 0) is 24.6 Å². The number of carbonyl (C=O) groups is 2. The monoisotopic (exact) mass is 254 g/mol. The Labute approximate surface area is 104 Å². The third-order valence-corrected chi connectivity index (χ3v) is 2.41. The van der Waals surface area contributed by atoms with Gasteiger partial charge in [0.05, 0.1) is 17.3 Å². The van der Waals surface area contributed by atoms with Crippen LogP contribution < -0.4 is 11.1 Å². The number of carbonyl (C=O) groups excluding carboxylic acids is 1. The molecule has 1 aromatic rings. The van der Waals surface area contributed by atoms with Gasteiger partial charge in [0.15, 0.2) is 0 Å². The van der Waals surface area contributed by atoms with Gasteiger partial charge in [-0.1, -0.05) is 13.3 Å². The van der Waals surface area contributed by atoms with Crippen LogP contribution in [-0.2, 0) is 4.79 Å². The molecule has 0 aliphatic rings. The van der Waals surface area contributed by atoms with Crippen molar-refractivity contribution in [3.05, 3.63) is 29.6 Å². The van der Waals surface area contributed by atoms with Crippen molar-refractivity contribution in [2.75, 3.05) is 5.32 Å². The Balaban J connectivity index is 2.79. The molecule has 1 rings (SSSR count). The maximum atomic E-state index is 13.5. The van der Waals surface area contributed by atoms with Gasteiger partial charge in [0.25, 0.3) is 0 Å². The van der Waals surface area contributed by atoms with E-state index in [-0.39, 0.29) is 11.3 Å². The third-order valence-electron chi connectivity index (χ3n) is 2.41. The minimum absolute atomic E-state index is 0.0726. The summed E-state index contributed by atoms with van der Waals surface area (Å²) in [7, 11) is 0. The van der Waals surface area contributed by atoms with Crippen LogP contribution in [0.5, 0.6) is 0 Å². The van der Waals surface area contributed by atoms with Crippen LogP contribution >= 0.6 is 0 Å². The molecule has 18 heavy (non-hydrogen) atoms. The molecule has 6 heteroatoms. The smallest absolute Gasteiger partial charge is 0.335 e.